The molecule has 1 atom stereocenters. The minimum atomic E-state index is 0.245. The highest BCUT2D eigenvalue weighted by Crippen LogP contribution is 2.36. The summed E-state index contributed by atoms with van der Waals surface area (Å²) in [4.78, 5) is 4.47. The highest BCUT2D eigenvalue weighted by Gasteiger charge is 2.29. The van der Waals surface area contributed by atoms with Crippen molar-refractivity contribution >= 4 is 18.5 Å². The van der Waals surface area contributed by atoms with Crippen molar-refractivity contribution in [2.75, 3.05) is 33.0 Å². The van der Waals surface area contributed by atoms with Crippen LogP contribution in [-0.4, -0.2) is 55.4 Å². The molecule has 1 aromatic rings. The fourth-order valence-corrected chi connectivity index (χ4v) is 4.13. The van der Waals surface area contributed by atoms with Gasteiger partial charge in [-0.1, -0.05) is 49.1 Å². The second-order valence-electron chi connectivity index (χ2n) is 7.64. The molecule has 3 aliphatic rings. The van der Waals surface area contributed by atoms with Crippen LogP contribution in [0, 0.1) is 11.3 Å². The number of rotatable bonds is 7. The van der Waals surface area contributed by atoms with Gasteiger partial charge >= 0.3 is 0 Å². The van der Waals surface area contributed by atoms with E-state index in [0.717, 1.165) is 31.6 Å². The summed E-state index contributed by atoms with van der Waals surface area (Å²) in [5.41, 5.74) is 5.96. The van der Waals surface area contributed by atoms with Gasteiger partial charge in [0.1, 0.15) is 6.67 Å². The lowest BCUT2D eigenvalue weighted by Gasteiger charge is -2.41. The number of hydrogen-bond donors (Lipinski definition) is 2. The van der Waals surface area contributed by atoms with Crippen LogP contribution < -0.4 is 5.32 Å². The molecule has 0 spiro atoms. The van der Waals surface area contributed by atoms with Gasteiger partial charge in [-0.25, -0.2) is 5.01 Å². The molecular formula is C24H29N5O. The van der Waals surface area contributed by atoms with E-state index in [-0.39, 0.29) is 5.92 Å². The maximum absolute atomic E-state index is 7.30. The van der Waals surface area contributed by atoms with Crippen molar-refractivity contribution in [3.8, 4) is 0 Å². The van der Waals surface area contributed by atoms with Gasteiger partial charge in [0, 0.05) is 54.9 Å². The van der Waals surface area contributed by atoms with Crippen LogP contribution in [0.3, 0.4) is 0 Å². The predicted octanol–water partition coefficient (Wildman–Crippen LogP) is 3.59. The van der Waals surface area contributed by atoms with Crippen molar-refractivity contribution in [1.82, 2.24) is 15.3 Å². The molecule has 0 radical (unpaired) electrons. The van der Waals surface area contributed by atoms with Crippen LogP contribution in [0.2, 0.25) is 0 Å². The van der Waals surface area contributed by atoms with E-state index in [4.69, 9.17) is 10.1 Å². The van der Waals surface area contributed by atoms with E-state index in [0.29, 0.717) is 19.9 Å². The average molecular weight is 404 g/mol. The van der Waals surface area contributed by atoms with Gasteiger partial charge in [-0.3, -0.25) is 10.0 Å². The molecule has 6 heteroatoms. The number of aliphatic imine (C=N–C) groups is 1. The van der Waals surface area contributed by atoms with Crippen molar-refractivity contribution in [2.45, 2.75) is 12.8 Å². The molecule has 0 bridgehead atoms. The second-order valence-corrected chi connectivity index (χ2v) is 7.64. The Balaban J connectivity index is 1.71. The van der Waals surface area contributed by atoms with E-state index < -0.39 is 0 Å². The lowest BCUT2D eigenvalue weighted by Crippen LogP contribution is -2.49. The summed E-state index contributed by atoms with van der Waals surface area (Å²) in [6.45, 7) is 7.65. The Morgan fingerprint density at radius 3 is 2.87 bits per heavy atom. The standard InChI is InChI=1S/C24H29N5O/c1-19-15-22-17-21(7-8-23(22)27-19)24(16-20-5-3-2-4-6-20)29(18-26-10-9-25)28-11-13-30-14-12-28/h2-6,8-10,16-17,21,25,27H,1,7,11-15,18H2/b24-16+,25-9?,26-10-. The Morgan fingerprint density at radius 2 is 2.10 bits per heavy atom. The summed E-state index contributed by atoms with van der Waals surface area (Å²) in [6.07, 6.45) is 11.5. The maximum Gasteiger partial charge on any atom is 0.124 e. The van der Waals surface area contributed by atoms with Crippen molar-refractivity contribution < 1.29 is 4.74 Å². The van der Waals surface area contributed by atoms with Crippen LogP contribution in [0.25, 0.3) is 6.08 Å². The first-order valence-corrected chi connectivity index (χ1v) is 10.5. The van der Waals surface area contributed by atoms with Gasteiger partial charge in [0.25, 0.3) is 0 Å². The molecule has 0 aromatic heterocycles. The summed E-state index contributed by atoms with van der Waals surface area (Å²) < 4.78 is 5.59. The molecule has 2 aliphatic heterocycles. The quantitative estimate of drug-likeness (QED) is 0.683. The molecule has 2 saturated heterocycles. The molecule has 6 nitrogen and oxygen atoms in total. The van der Waals surface area contributed by atoms with E-state index >= 15 is 0 Å². The largest absolute Gasteiger partial charge is 0.379 e. The average Bonchev–Trinajstić information content (AvgIpc) is 3.16. The van der Waals surface area contributed by atoms with Crippen LogP contribution >= 0.6 is 0 Å². The molecular weight excluding hydrogens is 374 g/mol. The zero-order valence-electron chi connectivity index (χ0n) is 17.3. The maximum atomic E-state index is 7.30. The number of allylic oxidation sites excluding steroid dienone is 4. The monoisotopic (exact) mass is 403 g/mol. The highest BCUT2D eigenvalue weighted by atomic mass is 16.5. The first-order chi connectivity index (χ1) is 14.7. The SMILES string of the molecule is C=C1CC2=CC(/C(=C\c3ccccc3)N(C/N=C\C=N)N3CCOCC3)CC=C2N1. The topological polar surface area (TPSA) is 64.0 Å². The number of nitrogens with zero attached hydrogens (tertiary/aromatic N) is 3. The normalized spacial score (nSPS) is 22.3. The Hall–Kier alpha value is -2.96. The third-order valence-corrected chi connectivity index (χ3v) is 5.56. The molecule has 0 amide bonds. The number of ether oxygens (including phenoxy) is 1. The van der Waals surface area contributed by atoms with E-state index in [2.05, 4.69) is 69.4 Å². The molecule has 1 unspecified atom stereocenters. The fraction of sp³-hybridized carbons (Fsp3) is 0.333. The molecule has 30 heavy (non-hydrogen) atoms. The fourth-order valence-electron chi connectivity index (χ4n) is 4.13. The lowest BCUT2D eigenvalue weighted by atomic mass is 9.90. The predicted molar refractivity (Wildman–Crippen MR) is 122 cm³/mol. The van der Waals surface area contributed by atoms with Gasteiger partial charge in [-0.05, 0) is 23.6 Å². The van der Waals surface area contributed by atoms with Crippen LogP contribution in [-0.2, 0) is 4.74 Å². The Kier molecular flexibility index (Phi) is 6.57. The van der Waals surface area contributed by atoms with Gasteiger partial charge < -0.3 is 15.5 Å². The number of morpholine rings is 1. The van der Waals surface area contributed by atoms with Crippen molar-refractivity contribution in [3.63, 3.8) is 0 Å². The molecule has 1 aromatic carbocycles. The molecule has 0 saturated carbocycles. The Labute approximate surface area is 178 Å². The second kappa shape index (κ2) is 9.69. The van der Waals surface area contributed by atoms with Crippen LogP contribution in [0.1, 0.15) is 18.4 Å². The van der Waals surface area contributed by atoms with Crippen molar-refractivity contribution in [1.29, 1.82) is 5.41 Å². The molecule has 2 heterocycles. The number of benzene rings is 1. The van der Waals surface area contributed by atoms with Crippen LogP contribution in [0.4, 0.5) is 0 Å². The van der Waals surface area contributed by atoms with Crippen molar-refractivity contribution in [2.24, 2.45) is 10.9 Å². The summed E-state index contributed by atoms with van der Waals surface area (Å²) in [7, 11) is 0. The van der Waals surface area contributed by atoms with E-state index in [9.17, 15) is 0 Å². The lowest BCUT2D eigenvalue weighted by molar-refractivity contribution is -0.0719. The third-order valence-electron chi connectivity index (χ3n) is 5.56. The summed E-state index contributed by atoms with van der Waals surface area (Å²) in [6, 6.07) is 10.4. The molecule has 1 aliphatic carbocycles. The van der Waals surface area contributed by atoms with Gasteiger partial charge in [-0.2, -0.15) is 0 Å². The van der Waals surface area contributed by atoms with Gasteiger partial charge in [0.2, 0.25) is 0 Å². The smallest absolute Gasteiger partial charge is 0.124 e. The minimum Gasteiger partial charge on any atom is -0.379 e. The molecule has 2 fully saturated rings. The number of fused-ring (bicyclic) bond motifs is 1. The minimum absolute atomic E-state index is 0.245. The zero-order valence-corrected chi connectivity index (χ0v) is 17.3. The number of hydrogen-bond acceptors (Lipinski definition) is 6. The summed E-state index contributed by atoms with van der Waals surface area (Å²) in [5.74, 6) is 0.245. The first-order valence-electron chi connectivity index (χ1n) is 10.5. The van der Waals surface area contributed by atoms with Crippen LogP contribution in [0.5, 0.6) is 0 Å². The first kappa shape index (κ1) is 20.3. The van der Waals surface area contributed by atoms with Gasteiger partial charge in [-0.15, -0.1) is 0 Å². The third kappa shape index (κ3) is 4.78. The molecule has 2 N–H and O–H groups in total. The highest BCUT2D eigenvalue weighted by molar-refractivity contribution is 6.14. The van der Waals surface area contributed by atoms with Gasteiger partial charge in [0.15, 0.2) is 0 Å². The summed E-state index contributed by atoms with van der Waals surface area (Å²) >= 11 is 0. The zero-order chi connectivity index (χ0) is 20.8. The van der Waals surface area contributed by atoms with E-state index in [1.165, 1.54) is 28.7 Å². The summed E-state index contributed by atoms with van der Waals surface area (Å²) in [5, 5.41) is 15.3. The van der Waals surface area contributed by atoms with Gasteiger partial charge in [0.05, 0.1) is 13.2 Å². The van der Waals surface area contributed by atoms with E-state index in [1.54, 1.807) is 6.21 Å². The number of nitrogens with one attached hydrogen (secondary N) is 2. The molecule has 156 valence electrons. The van der Waals surface area contributed by atoms with E-state index in [1.807, 2.05) is 6.07 Å². The number of hydrazine groups is 1. The Bertz CT molecular complexity index is 893. The molecule has 4 rings (SSSR count). The van der Waals surface area contributed by atoms with Crippen LogP contribution in [0.15, 0.2) is 76.7 Å². The van der Waals surface area contributed by atoms with Crippen molar-refractivity contribution in [3.05, 3.63) is 77.3 Å². The Morgan fingerprint density at radius 1 is 1.30 bits per heavy atom.